The van der Waals surface area contributed by atoms with E-state index in [-0.39, 0.29) is 5.91 Å². The second kappa shape index (κ2) is 6.38. The number of ether oxygens (including phenoxy) is 1. The minimum absolute atomic E-state index is 0.186. The molecule has 102 valence electrons. The summed E-state index contributed by atoms with van der Waals surface area (Å²) < 4.78 is 5.71. The molecule has 0 saturated heterocycles. The lowest BCUT2D eigenvalue weighted by atomic mass is 10.0. The van der Waals surface area contributed by atoms with E-state index >= 15 is 0 Å². The highest BCUT2D eigenvalue weighted by Crippen LogP contribution is 2.28. The quantitative estimate of drug-likeness (QED) is 0.619. The lowest BCUT2D eigenvalue weighted by Crippen LogP contribution is -2.22. The van der Waals surface area contributed by atoms with E-state index in [1.54, 1.807) is 7.05 Å². The molecule has 4 heteroatoms. The first-order valence-electron chi connectivity index (χ1n) is 6.47. The molecule has 1 aromatic carbocycles. The van der Waals surface area contributed by atoms with E-state index in [1.807, 2.05) is 24.3 Å². The van der Waals surface area contributed by atoms with Gasteiger partial charge in [0.1, 0.15) is 5.75 Å². The number of likely N-dealkylation sites (N-methyl/N-ethyl adjacent to an activating group) is 1. The van der Waals surface area contributed by atoms with Gasteiger partial charge < -0.3 is 4.74 Å². The van der Waals surface area contributed by atoms with Gasteiger partial charge in [0.15, 0.2) is 0 Å². The molecule has 2 rings (SSSR count). The Morgan fingerprint density at radius 2 is 2.26 bits per heavy atom. The number of nitrogens with zero attached hydrogens (tertiary/aromatic N) is 1. The summed E-state index contributed by atoms with van der Waals surface area (Å²) in [5.74, 6) is 0.752. The van der Waals surface area contributed by atoms with Crippen LogP contribution in [0.1, 0.15) is 24.0 Å². The van der Waals surface area contributed by atoms with Gasteiger partial charge in [0.25, 0.3) is 5.91 Å². The van der Waals surface area contributed by atoms with E-state index in [0.717, 1.165) is 37.2 Å². The van der Waals surface area contributed by atoms with Crippen LogP contribution in [0.25, 0.3) is 6.08 Å². The average molecular weight is 261 g/mol. The van der Waals surface area contributed by atoms with E-state index in [0.29, 0.717) is 0 Å². The van der Waals surface area contributed by atoms with Crippen molar-refractivity contribution in [1.82, 2.24) is 5.06 Å². The second-order valence-corrected chi connectivity index (χ2v) is 4.48. The van der Waals surface area contributed by atoms with Crippen molar-refractivity contribution in [2.45, 2.75) is 19.3 Å². The molecular weight excluding hydrogens is 242 g/mol. The molecule has 0 radical (unpaired) electrons. The maximum Gasteiger partial charge on any atom is 0.269 e. The summed E-state index contributed by atoms with van der Waals surface area (Å²) in [7, 11) is 3.05. The van der Waals surface area contributed by atoms with Gasteiger partial charge in [0.05, 0.1) is 13.7 Å². The predicted octanol–water partition coefficient (Wildman–Crippen LogP) is 2.43. The lowest BCUT2D eigenvalue weighted by Gasteiger charge is -2.11. The van der Waals surface area contributed by atoms with E-state index in [1.165, 1.54) is 23.8 Å². The summed E-state index contributed by atoms with van der Waals surface area (Å²) >= 11 is 0. The summed E-state index contributed by atoms with van der Waals surface area (Å²) in [6.45, 7) is 0.769. The number of hydroxylamine groups is 2. The predicted molar refractivity (Wildman–Crippen MR) is 73.7 cm³/mol. The molecule has 1 heterocycles. The van der Waals surface area contributed by atoms with Crippen molar-refractivity contribution in [2.24, 2.45) is 0 Å². The molecule has 1 aliphatic rings. The average Bonchev–Trinajstić information content (AvgIpc) is 2.69. The molecule has 0 bridgehead atoms. The van der Waals surface area contributed by atoms with Crippen LogP contribution >= 0.6 is 0 Å². The Kier molecular flexibility index (Phi) is 4.58. The Bertz CT molecular complexity index is 482. The maximum atomic E-state index is 11.7. The number of carbonyl (C=O) groups is 1. The van der Waals surface area contributed by atoms with Gasteiger partial charge >= 0.3 is 0 Å². The lowest BCUT2D eigenvalue weighted by molar-refractivity contribution is -0.162. The van der Waals surface area contributed by atoms with Crippen LogP contribution in [0.2, 0.25) is 0 Å². The second-order valence-electron chi connectivity index (χ2n) is 4.48. The van der Waals surface area contributed by atoms with Gasteiger partial charge in [0.2, 0.25) is 0 Å². The zero-order valence-corrected chi connectivity index (χ0v) is 11.4. The van der Waals surface area contributed by atoms with Gasteiger partial charge in [-0.1, -0.05) is 12.1 Å². The topological polar surface area (TPSA) is 38.8 Å². The van der Waals surface area contributed by atoms with E-state index in [4.69, 9.17) is 9.57 Å². The molecule has 0 aliphatic carbocycles. The molecule has 1 aromatic rings. The first-order chi connectivity index (χ1) is 9.22. The number of fused-ring (bicyclic) bond motifs is 1. The molecule has 0 aromatic heterocycles. The maximum absolute atomic E-state index is 11.7. The summed E-state index contributed by atoms with van der Waals surface area (Å²) in [5, 5.41) is 1.19. The Balaban J connectivity index is 2.21. The zero-order chi connectivity index (χ0) is 13.7. The largest absolute Gasteiger partial charge is 0.493 e. The molecule has 4 nitrogen and oxygen atoms in total. The molecule has 0 spiro atoms. The van der Waals surface area contributed by atoms with E-state index in [2.05, 4.69) is 0 Å². The van der Waals surface area contributed by atoms with Gasteiger partial charge in [-0.2, -0.15) is 0 Å². The Labute approximate surface area is 113 Å². The fraction of sp³-hybridized carbons (Fsp3) is 0.400. The Hall–Kier alpha value is -1.81. The fourth-order valence-electron chi connectivity index (χ4n) is 2.08. The van der Waals surface area contributed by atoms with E-state index < -0.39 is 0 Å². The van der Waals surface area contributed by atoms with Crippen LogP contribution < -0.4 is 4.74 Å². The van der Waals surface area contributed by atoms with Crippen LogP contribution in [0.15, 0.2) is 24.3 Å². The Morgan fingerprint density at radius 3 is 3.05 bits per heavy atom. The number of rotatable bonds is 3. The van der Waals surface area contributed by atoms with Crippen molar-refractivity contribution in [3.63, 3.8) is 0 Å². The van der Waals surface area contributed by atoms with Crippen molar-refractivity contribution in [3.8, 4) is 5.75 Å². The summed E-state index contributed by atoms with van der Waals surface area (Å²) in [4.78, 5) is 16.5. The van der Waals surface area contributed by atoms with Crippen LogP contribution in [0, 0.1) is 0 Å². The summed E-state index contributed by atoms with van der Waals surface area (Å²) in [5.41, 5.74) is 2.22. The molecule has 19 heavy (non-hydrogen) atoms. The minimum Gasteiger partial charge on any atom is -0.493 e. The molecule has 0 fully saturated rings. The van der Waals surface area contributed by atoms with Crippen LogP contribution in [-0.4, -0.2) is 31.7 Å². The molecular formula is C15H19NO3. The van der Waals surface area contributed by atoms with Crippen LogP contribution in [-0.2, 0) is 16.1 Å². The van der Waals surface area contributed by atoms with Gasteiger partial charge in [-0.15, -0.1) is 0 Å². The van der Waals surface area contributed by atoms with Crippen LogP contribution in [0.3, 0.4) is 0 Å². The molecule has 1 amide bonds. The van der Waals surface area contributed by atoms with Gasteiger partial charge in [-0.3, -0.25) is 9.63 Å². The number of hydrogen-bond acceptors (Lipinski definition) is 3. The van der Waals surface area contributed by atoms with Crippen molar-refractivity contribution in [2.75, 3.05) is 20.8 Å². The highest BCUT2D eigenvalue weighted by molar-refractivity contribution is 5.91. The molecule has 1 aliphatic heterocycles. The summed E-state index contributed by atoms with van der Waals surface area (Å²) in [6.07, 6.45) is 6.52. The standard InChI is InChI=1S/C15H19NO3/c1-16(18-2)15(17)10-9-12-6-5-8-14-13(12)7-3-4-11-19-14/h5-6,8-10H,3-4,7,11H2,1-2H3. The van der Waals surface area contributed by atoms with Crippen LogP contribution in [0.4, 0.5) is 0 Å². The summed E-state index contributed by atoms with van der Waals surface area (Å²) in [6, 6.07) is 5.94. The monoisotopic (exact) mass is 261 g/mol. The number of carbonyl (C=O) groups excluding carboxylic acids is 1. The van der Waals surface area contributed by atoms with E-state index in [9.17, 15) is 4.79 Å². The third-order valence-electron chi connectivity index (χ3n) is 3.24. The van der Waals surface area contributed by atoms with Crippen molar-refractivity contribution < 1.29 is 14.4 Å². The highest BCUT2D eigenvalue weighted by Gasteiger charge is 2.11. The first kappa shape index (κ1) is 13.6. The number of benzene rings is 1. The molecule has 0 atom stereocenters. The third kappa shape index (κ3) is 3.35. The van der Waals surface area contributed by atoms with Crippen molar-refractivity contribution >= 4 is 12.0 Å². The van der Waals surface area contributed by atoms with Crippen molar-refractivity contribution in [3.05, 3.63) is 35.4 Å². The third-order valence-corrected chi connectivity index (χ3v) is 3.24. The van der Waals surface area contributed by atoms with Gasteiger partial charge in [-0.25, -0.2) is 5.06 Å². The number of amides is 1. The smallest absolute Gasteiger partial charge is 0.269 e. The number of hydrogen-bond donors (Lipinski definition) is 0. The SMILES string of the molecule is CON(C)C(=O)C=Cc1cccc2c1CCCCO2. The molecule has 0 unspecified atom stereocenters. The van der Waals surface area contributed by atoms with Crippen molar-refractivity contribution in [1.29, 1.82) is 0 Å². The normalized spacial score (nSPS) is 14.6. The highest BCUT2D eigenvalue weighted by atomic mass is 16.7. The zero-order valence-electron chi connectivity index (χ0n) is 11.4. The van der Waals surface area contributed by atoms with Gasteiger partial charge in [-0.05, 0) is 37.0 Å². The fourth-order valence-corrected chi connectivity index (χ4v) is 2.08. The minimum atomic E-state index is -0.186. The van der Waals surface area contributed by atoms with Crippen LogP contribution in [0.5, 0.6) is 5.75 Å². The Morgan fingerprint density at radius 1 is 1.42 bits per heavy atom. The van der Waals surface area contributed by atoms with Gasteiger partial charge in [0, 0.05) is 18.7 Å². The molecule has 0 N–H and O–H groups in total. The first-order valence-corrected chi connectivity index (χ1v) is 6.47. The molecule has 0 saturated carbocycles.